The number of benzene rings is 1. The van der Waals surface area contributed by atoms with E-state index in [2.05, 4.69) is 47.2 Å². The Kier molecular flexibility index (Phi) is 9.21. The molecule has 2 atom stereocenters. The van der Waals surface area contributed by atoms with Gasteiger partial charge >= 0.3 is 0 Å². The van der Waals surface area contributed by atoms with E-state index in [4.69, 9.17) is 24.0 Å². The Morgan fingerprint density at radius 2 is 1.86 bits per heavy atom. The number of nitrogens with zero attached hydrogens (tertiary/aromatic N) is 9. The summed E-state index contributed by atoms with van der Waals surface area (Å²) >= 11 is 0. The molecule has 4 aromatic rings. The monoisotopic (exact) mass is 678 g/mol. The molecule has 1 aromatic carbocycles. The Morgan fingerprint density at radius 3 is 2.58 bits per heavy atom. The molecule has 0 radical (unpaired) electrons. The van der Waals surface area contributed by atoms with Crippen molar-refractivity contribution in [2.75, 3.05) is 31.7 Å². The average molecular weight is 679 g/mol. The Hall–Kier alpha value is -5.16. The maximum Gasteiger partial charge on any atom is 0.256 e. The van der Waals surface area contributed by atoms with Gasteiger partial charge in [-0.3, -0.25) is 4.68 Å². The van der Waals surface area contributed by atoms with Crippen LogP contribution in [0.4, 0.5) is 11.6 Å². The molecule has 14 heteroatoms. The Labute approximate surface area is 291 Å². The molecule has 0 amide bonds. The lowest BCUT2D eigenvalue weighted by molar-refractivity contribution is 0.0489. The molecule has 1 N–H and O–H groups in total. The van der Waals surface area contributed by atoms with Crippen LogP contribution in [-0.2, 0) is 16.0 Å². The number of ether oxygens (including phenoxy) is 4. The lowest BCUT2D eigenvalue weighted by atomic mass is 9.90. The molecule has 1 saturated carbocycles. The topological polar surface area (TPSA) is 150 Å². The summed E-state index contributed by atoms with van der Waals surface area (Å²) in [5.74, 6) is 3.08. The van der Waals surface area contributed by atoms with Crippen LogP contribution in [0, 0.1) is 17.2 Å². The molecule has 2 saturated heterocycles. The maximum absolute atomic E-state index is 9.70. The first-order valence-electron chi connectivity index (χ1n) is 17.6. The summed E-state index contributed by atoms with van der Waals surface area (Å²) < 4.78 is 27.5. The summed E-state index contributed by atoms with van der Waals surface area (Å²) in [5, 5.41) is 22.2. The first kappa shape index (κ1) is 32.1. The van der Waals surface area contributed by atoms with Gasteiger partial charge in [-0.2, -0.15) is 10.4 Å². The largest absolute Gasteiger partial charge is 0.494 e. The predicted octanol–water partition coefficient (Wildman–Crippen LogP) is 5.25. The Bertz CT molecular complexity index is 1820. The van der Waals surface area contributed by atoms with Crippen LogP contribution < -0.4 is 14.8 Å². The minimum atomic E-state index is -0.228. The number of rotatable bonds is 12. The van der Waals surface area contributed by atoms with Gasteiger partial charge in [-0.1, -0.05) is 6.07 Å². The molecule has 0 spiro atoms. The number of nitrogens with one attached hydrogen (secondary N) is 1. The van der Waals surface area contributed by atoms with Gasteiger partial charge in [0.2, 0.25) is 5.95 Å². The van der Waals surface area contributed by atoms with E-state index in [0.717, 1.165) is 87.3 Å². The molecule has 50 heavy (non-hydrogen) atoms. The summed E-state index contributed by atoms with van der Waals surface area (Å²) in [6.07, 6.45) is 18.1. The standard InChI is InChI=1S/C36H42N10O4/c1-24(17-44-23-38-22-41-44)50-34-12-26(2-3-27(34)14-37)28-15-39-36(40-16-28)42-33-19-46(43-35(33)49-20-25-8-10-47-11-9-25)30-6-4-29(5-7-30)45-18-32-13-31(45)21-48-32/h2-3,12,15-16,18-19,22-25,29-31H,4-11,13,17,20-21H2,1H3,(H,39,40,42)/t24-,29?,30?,31+/m0/s1. The van der Waals surface area contributed by atoms with Gasteiger partial charge in [0.25, 0.3) is 5.88 Å². The highest BCUT2D eigenvalue weighted by molar-refractivity contribution is 5.67. The van der Waals surface area contributed by atoms with E-state index < -0.39 is 0 Å². The van der Waals surface area contributed by atoms with Crippen LogP contribution in [0.5, 0.6) is 11.6 Å². The van der Waals surface area contributed by atoms with Gasteiger partial charge in [-0.15, -0.1) is 5.10 Å². The van der Waals surface area contributed by atoms with E-state index in [1.54, 1.807) is 29.5 Å². The molecule has 260 valence electrons. The van der Waals surface area contributed by atoms with Gasteiger partial charge in [-0.25, -0.2) is 19.6 Å². The third kappa shape index (κ3) is 7.09. The maximum atomic E-state index is 9.70. The quantitative estimate of drug-likeness (QED) is 0.209. The predicted molar refractivity (Wildman–Crippen MR) is 182 cm³/mol. The van der Waals surface area contributed by atoms with Gasteiger partial charge in [0.15, 0.2) is 0 Å². The van der Waals surface area contributed by atoms with E-state index in [9.17, 15) is 5.26 Å². The fraction of sp³-hybridized carbons (Fsp3) is 0.500. The van der Waals surface area contributed by atoms with Crippen LogP contribution >= 0.6 is 0 Å². The van der Waals surface area contributed by atoms with Gasteiger partial charge in [0.05, 0.1) is 37.0 Å². The van der Waals surface area contributed by atoms with E-state index in [1.807, 2.05) is 25.3 Å². The number of nitriles is 1. The summed E-state index contributed by atoms with van der Waals surface area (Å²) in [7, 11) is 0. The third-order valence-electron chi connectivity index (χ3n) is 10.1. The summed E-state index contributed by atoms with van der Waals surface area (Å²) in [5.41, 5.74) is 2.84. The Balaban J connectivity index is 0.957. The first-order chi connectivity index (χ1) is 24.6. The molecule has 8 rings (SSSR count). The van der Waals surface area contributed by atoms with Gasteiger partial charge in [-0.05, 0) is 69.1 Å². The molecule has 1 aliphatic carbocycles. The minimum absolute atomic E-state index is 0.228. The second kappa shape index (κ2) is 14.4. The van der Waals surface area contributed by atoms with Gasteiger partial charge in [0.1, 0.15) is 48.6 Å². The van der Waals surface area contributed by atoms with Crippen molar-refractivity contribution in [2.24, 2.45) is 5.92 Å². The van der Waals surface area contributed by atoms with Crippen molar-refractivity contribution in [3.8, 4) is 28.8 Å². The lowest BCUT2D eigenvalue weighted by Crippen LogP contribution is -2.41. The van der Waals surface area contributed by atoms with Gasteiger partial charge in [0, 0.05) is 49.8 Å². The normalized spacial score (nSPS) is 22.4. The SMILES string of the molecule is C[C@@H](Cn1cncn1)Oc1cc(-c2cnc(Nc3cn(C4CCC(N5C=C6C[C@@H]5CO6)CC4)nc3OCC3CCOCC3)nc2)ccc1C#N. The number of anilines is 2. The average Bonchev–Trinajstić information content (AvgIpc) is 3.99. The summed E-state index contributed by atoms with van der Waals surface area (Å²) in [4.78, 5) is 15.8. The van der Waals surface area contributed by atoms with Crippen LogP contribution in [-0.4, -0.2) is 84.0 Å². The van der Waals surface area contributed by atoms with Crippen molar-refractivity contribution in [3.05, 3.63) is 67.0 Å². The number of fused-ring (bicyclic) bond motifs is 2. The molecule has 6 heterocycles. The minimum Gasteiger partial charge on any atom is -0.494 e. The molecule has 14 nitrogen and oxygen atoms in total. The fourth-order valence-electron chi connectivity index (χ4n) is 7.39. The van der Waals surface area contributed by atoms with Crippen LogP contribution in [0.25, 0.3) is 11.1 Å². The number of aromatic nitrogens is 7. The number of hydrogen-bond donors (Lipinski definition) is 1. The van der Waals surface area contributed by atoms with E-state index in [0.29, 0.717) is 60.3 Å². The molecular formula is C36H42N10O4. The molecule has 3 fully saturated rings. The smallest absolute Gasteiger partial charge is 0.256 e. The van der Waals surface area contributed by atoms with Crippen molar-refractivity contribution >= 4 is 11.6 Å². The third-order valence-corrected chi connectivity index (χ3v) is 10.1. The lowest BCUT2D eigenvalue weighted by Gasteiger charge is -2.38. The van der Waals surface area contributed by atoms with Crippen molar-refractivity contribution in [1.82, 2.24) is 39.4 Å². The second-order valence-electron chi connectivity index (χ2n) is 13.7. The summed E-state index contributed by atoms with van der Waals surface area (Å²) in [6.45, 7) is 5.39. The van der Waals surface area contributed by atoms with Crippen LogP contribution in [0.3, 0.4) is 0 Å². The van der Waals surface area contributed by atoms with Crippen LogP contribution in [0.15, 0.2) is 61.4 Å². The highest BCUT2D eigenvalue weighted by Crippen LogP contribution is 2.39. The molecular weight excluding hydrogens is 636 g/mol. The van der Waals surface area contributed by atoms with Gasteiger partial charge < -0.3 is 29.2 Å². The zero-order valence-corrected chi connectivity index (χ0v) is 28.2. The van der Waals surface area contributed by atoms with Crippen LogP contribution in [0.1, 0.15) is 63.5 Å². The van der Waals surface area contributed by atoms with E-state index in [-0.39, 0.29) is 6.10 Å². The molecule has 0 unspecified atom stereocenters. The molecule has 3 aliphatic heterocycles. The summed E-state index contributed by atoms with van der Waals surface area (Å²) in [6, 6.07) is 9.06. The van der Waals surface area contributed by atoms with E-state index >= 15 is 0 Å². The van der Waals surface area contributed by atoms with Crippen molar-refractivity contribution in [2.45, 2.75) is 82.6 Å². The highest BCUT2D eigenvalue weighted by atomic mass is 16.5. The molecule has 4 aliphatic rings. The van der Waals surface area contributed by atoms with Crippen LogP contribution in [0.2, 0.25) is 0 Å². The zero-order chi connectivity index (χ0) is 33.9. The second-order valence-corrected chi connectivity index (χ2v) is 13.7. The highest BCUT2D eigenvalue weighted by Gasteiger charge is 2.38. The van der Waals surface area contributed by atoms with Crippen molar-refractivity contribution in [3.63, 3.8) is 0 Å². The first-order valence-corrected chi connectivity index (χ1v) is 17.6. The molecule has 2 bridgehead atoms. The number of hydrogen-bond acceptors (Lipinski definition) is 12. The van der Waals surface area contributed by atoms with E-state index in [1.165, 1.54) is 6.33 Å². The zero-order valence-electron chi connectivity index (χ0n) is 28.2. The fourth-order valence-corrected chi connectivity index (χ4v) is 7.39. The molecule has 3 aromatic heterocycles. The van der Waals surface area contributed by atoms with Crippen molar-refractivity contribution < 1.29 is 18.9 Å². The Morgan fingerprint density at radius 1 is 1.04 bits per heavy atom. The van der Waals surface area contributed by atoms with Crippen molar-refractivity contribution in [1.29, 1.82) is 5.26 Å².